The number of rotatable bonds is 6. The van der Waals surface area contributed by atoms with Crippen LogP contribution in [0.5, 0.6) is 0 Å². The summed E-state index contributed by atoms with van der Waals surface area (Å²) in [6, 6.07) is 0. The summed E-state index contributed by atoms with van der Waals surface area (Å²) in [7, 11) is 2.27. The monoisotopic (exact) mass is 242 g/mol. The van der Waals surface area contributed by atoms with E-state index in [4.69, 9.17) is 11.6 Å². The molecule has 1 aliphatic carbocycles. The van der Waals surface area contributed by atoms with Crippen LogP contribution in [0.3, 0.4) is 0 Å². The zero-order valence-electron chi connectivity index (χ0n) is 10.3. The third-order valence-corrected chi connectivity index (χ3v) is 3.72. The van der Waals surface area contributed by atoms with Crippen molar-refractivity contribution in [2.45, 2.75) is 19.3 Å². The molecule has 0 radical (unpaired) electrons. The van der Waals surface area contributed by atoms with E-state index in [-0.39, 0.29) is 0 Å². The molecule has 1 saturated heterocycles. The SMILES string of the molecule is C=C(Cl)CN1CC[C@@H](CN(C)CC2CC2)C1. The first-order chi connectivity index (χ1) is 7.63. The van der Waals surface area contributed by atoms with Crippen LogP contribution in [-0.4, -0.2) is 49.6 Å². The molecule has 0 N–H and O–H groups in total. The molecule has 0 aromatic rings. The van der Waals surface area contributed by atoms with E-state index in [9.17, 15) is 0 Å². The molecule has 0 aromatic carbocycles. The Hall–Kier alpha value is -0.0500. The normalized spacial score (nSPS) is 26.6. The second-order valence-corrected chi connectivity index (χ2v) is 6.11. The summed E-state index contributed by atoms with van der Waals surface area (Å²) in [5.74, 6) is 1.84. The minimum absolute atomic E-state index is 0.770. The lowest BCUT2D eigenvalue weighted by Crippen LogP contribution is -2.30. The molecule has 0 spiro atoms. The average molecular weight is 243 g/mol. The summed E-state index contributed by atoms with van der Waals surface area (Å²) in [6.45, 7) is 9.57. The average Bonchev–Trinajstić information content (AvgIpc) is 2.87. The quantitative estimate of drug-likeness (QED) is 0.706. The number of likely N-dealkylation sites (tertiary alicyclic amines) is 1. The number of nitrogens with zero attached hydrogens (tertiary/aromatic N) is 2. The van der Waals surface area contributed by atoms with Crippen molar-refractivity contribution in [1.82, 2.24) is 9.80 Å². The predicted molar refractivity (Wildman–Crippen MR) is 69.8 cm³/mol. The van der Waals surface area contributed by atoms with E-state index in [1.165, 1.54) is 45.4 Å². The van der Waals surface area contributed by atoms with E-state index in [2.05, 4.69) is 23.4 Å². The van der Waals surface area contributed by atoms with E-state index in [0.717, 1.165) is 23.4 Å². The minimum atomic E-state index is 0.770. The lowest BCUT2D eigenvalue weighted by Gasteiger charge is -2.21. The molecule has 3 heteroatoms. The molecule has 92 valence electrons. The van der Waals surface area contributed by atoms with Crippen molar-refractivity contribution < 1.29 is 0 Å². The summed E-state index contributed by atoms with van der Waals surface area (Å²) in [5.41, 5.74) is 0. The molecule has 1 heterocycles. The number of hydrogen-bond donors (Lipinski definition) is 0. The second-order valence-electron chi connectivity index (χ2n) is 5.57. The summed E-state index contributed by atoms with van der Waals surface area (Å²) in [6.07, 6.45) is 4.22. The fraction of sp³-hybridized carbons (Fsp3) is 0.846. The van der Waals surface area contributed by atoms with Gasteiger partial charge in [-0.1, -0.05) is 18.2 Å². The van der Waals surface area contributed by atoms with Gasteiger partial charge in [0.25, 0.3) is 0 Å². The van der Waals surface area contributed by atoms with Gasteiger partial charge in [0.15, 0.2) is 0 Å². The van der Waals surface area contributed by atoms with E-state index in [1.54, 1.807) is 0 Å². The van der Waals surface area contributed by atoms with Crippen molar-refractivity contribution in [2.24, 2.45) is 11.8 Å². The van der Waals surface area contributed by atoms with Crippen LogP contribution >= 0.6 is 11.6 Å². The van der Waals surface area contributed by atoms with E-state index in [0.29, 0.717) is 0 Å². The number of hydrogen-bond acceptors (Lipinski definition) is 2. The van der Waals surface area contributed by atoms with Crippen molar-refractivity contribution in [3.63, 3.8) is 0 Å². The van der Waals surface area contributed by atoms with Crippen molar-refractivity contribution in [1.29, 1.82) is 0 Å². The molecule has 1 atom stereocenters. The summed E-state index contributed by atoms with van der Waals surface area (Å²) in [5, 5.41) is 0.770. The second kappa shape index (κ2) is 5.52. The molecule has 1 aliphatic heterocycles. The molecule has 0 bridgehead atoms. The van der Waals surface area contributed by atoms with Gasteiger partial charge in [-0.2, -0.15) is 0 Å². The molecule has 1 saturated carbocycles. The first-order valence-electron chi connectivity index (χ1n) is 6.37. The maximum atomic E-state index is 5.84. The Balaban J connectivity index is 1.65. The van der Waals surface area contributed by atoms with Gasteiger partial charge in [0, 0.05) is 31.2 Å². The molecular weight excluding hydrogens is 220 g/mol. The van der Waals surface area contributed by atoms with E-state index in [1.807, 2.05) is 0 Å². The maximum absolute atomic E-state index is 5.84. The Morgan fingerprint density at radius 1 is 1.31 bits per heavy atom. The van der Waals surface area contributed by atoms with Crippen LogP contribution in [0.15, 0.2) is 11.6 Å². The first kappa shape index (κ1) is 12.4. The first-order valence-corrected chi connectivity index (χ1v) is 6.75. The zero-order chi connectivity index (χ0) is 11.5. The molecule has 2 nitrogen and oxygen atoms in total. The van der Waals surface area contributed by atoms with Crippen molar-refractivity contribution >= 4 is 11.6 Å². The van der Waals surface area contributed by atoms with Crippen molar-refractivity contribution in [2.75, 3.05) is 39.8 Å². The largest absolute Gasteiger partial charge is 0.306 e. The molecule has 2 fully saturated rings. The van der Waals surface area contributed by atoms with Crippen LogP contribution in [0, 0.1) is 11.8 Å². The Kier molecular flexibility index (Phi) is 4.28. The third-order valence-electron chi connectivity index (χ3n) is 3.60. The van der Waals surface area contributed by atoms with Crippen LogP contribution in [0.4, 0.5) is 0 Å². The third kappa shape index (κ3) is 4.08. The smallest absolute Gasteiger partial charge is 0.0335 e. The van der Waals surface area contributed by atoms with Crippen molar-refractivity contribution in [3.05, 3.63) is 11.6 Å². The summed E-state index contributed by atoms with van der Waals surface area (Å²) >= 11 is 5.84. The maximum Gasteiger partial charge on any atom is 0.0335 e. The predicted octanol–water partition coefficient (Wildman–Crippen LogP) is 2.40. The zero-order valence-corrected chi connectivity index (χ0v) is 11.0. The van der Waals surface area contributed by atoms with Gasteiger partial charge in [0.2, 0.25) is 0 Å². The van der Waals surface area contributed by atoms with Gasteiger partial charge in [-0.15, -0.1) is 0 Å². The summed E-state index contributed by atoms with van der Waals surface area (Å²) < 4.78 is 0. The Morgan fingerprint density at radius 2 is 2.00 bits per heavy atom. The van der Waals surface area contributed by atoms with Crippen LogP contribution in [0.2, 0.25) is 0 Å². The van der Waals surface area contributed by atoms with E-state index >= 15 is 0 Å². The van der Waals surface area contributed by atoms with Gasteiger partial charge >= 0.3 is 0 Å². The number of halogens is 1. The molecule has 0 amide bonds. The molecule has 0 aromatic heterocycles. The van der Waals surface area contributed by atoms with E-state index < -0.39 is 0 Å². The standard InChI is InChI=1S/C13H23ClN2/c1-11(14)7-16-6-5-13(10-16)9-15(2)8-12-3-4-12/h12-13H,1,3-10H2,2H3/t13-/m0/s1. The van der Waals surface area contributed by atoms with Crippen LogP contribution in [-0.2, 0) is 0 Å². The van der Waals surface area contributed by atoms with Gasteiger partial charge in [-0.25, -0.2) is 0 Å². The van der Waals surface area contributed by atoms with Gasteiger partial charge in [0.1, 0.15) is 0 Å². The molecule has 2 rings (SSSR count). The van der Waals surface area contributed by atoms with Crippen LogP contribution in [0.1, 0.15) is 19.3 Å². The topological polar surface area (TPSA) is 6.48 Å². The van der Waals surface area contributed by atoms with Gasteiger partial charge in [-0.3, -0.25) is 4.90 Å². The molecule has 0 unspecified atom stereocenters. The van der Waals surface area contributed by atoms with Crippen LogP contribution in [0.25, 0.3) is 0 Å². The van der Waals surface area contributed by atoms with Gasteiger partial charge < -0.3 is 4.90 Å². The van der Waals surface area contributed by atoms with Gasteiger partial charge in [-0.05, 0) is 44.7 Å². The highest BCUT2D eigenvalue weighted by molar-refractivity contribution is 6.29. The fourth-order valence-corrected chi connectivity index (χ4v) is 2.87. The molecule has 2 aliphatic rings. The highest BCUT2D eigenvalue weighted by Gasteiger charge is 2.26. The van der Waals surface area contributed by atoms with Crippen LogP contribution < -0.4 is 0 Å². The lowest BCUT2D eigenvalue weighted by molar-refractivity contribution is 0.261. The molecular formula is C13H23ClN2. The van der Waals surface area contributed by atoms with Crippen molar-refractivity contribution in [3.8, 4) is 0 Å². The summed E-state index contributed by atoms with van der Waals surface area (Å²) in [4.78, 5) is 4.94. The lowest BCUT2D eigenvalue weighted by atomic mass is 10.1. The Morgan fingerprint density at radius 3 is 2.62 bits per heavy atom. The van der Waals surface area contributed by atoms with Gasteiger partial charge in [0.05, 0.1) is 0 Å². The Labute approximate surface area is 104 Å². The highest BCUT2D eigenvalue weighted by Crippen LogP contribution is 2.30. The molecule has 16 heavy (non-hydrogen) atoms. The fourth-order valence-electron chi connectivity index (χ4n) is 2.70. The highest BCUT2D eigenvalue weighted by atomic mass is 35.5. The minimum Gasteiger partial charge on any atom is -0.306 e. The Bertz CT molecular complexity index is 250.